The van der Waals surface area contributed by atoms with Gasteiger partial charge in [0.2, 0.25) is 0 Å². The Bertz CT molecular complexity index is 533. The average Bonchev–Trinajstić information content (AvgIpc) is 2.73. The van der Waals surface area contributed by atoms with Crippen molar-refractivity contribution < 1.29 is 14.7 Å². The van der Waals surface area contributed by atoms with Gasteiger partial charge in [-0.05, 0) is 43.8 Å². The summed E-state index contributed by atoms with van der Waals surface area (Å²) in [5, 5.41) is 9.18. The molecule has 2 N–H and O–H groups in total. The number of H-pyrrole nitrogens is 1. The second-order valence-corrected chi connectivity index (χ2v) is 6.41. The molecule has 0 bridgehead atoms. The fourth-order valence-corrected chi connectivity index (χ4v) is 3.78. The zero-order valence-electron chi connectivity index (χ0n) is 12.0. The van der Waals surface area contributed by atoms with E-state index in [-0.39, 0.29) is 17.5 Å². The van der Waals surface area contributed by atoms with Gasteiger partial charge in [0.05, 0.1) is 5.56 Å². The molecule has 0 aromatic carbocycles. The maximum atomic E-state index is 12.5. The SMILES string of the molecule is Cc1[nH]c(C(=O)N(C)C2CCSCC2)c(C)c1C(=O)O. The minimum absolute atomic E-state index is 0.116. The van der Waals surface area contributed by atoms with Gasteiger partial charge >= 0.3 is 5.97 Å². The lowest BCUT2D eigenvalue weighted by Crippen LogP contribution is -2.39. The molecule has 1 fully saturated rings. The van der Waals surface area contributed by atoms with E-state index in [1.807, 2.05) is 11.8 Å². The van der Waals surface area contributed by atoms with Gasteiger partial charge in [-0.2, -0.15) is 11.8 Å². The molecule has 1 aromatic rings. The topological polar surface area (TPSA) is 73.4 Å². The number of aromatic nitrogens is 1. The monoisotopic (exact) mass is 296 g/mol. The van der Waals surface area contributed by atoms with Crippen molar-refractivity contribution in [1.29, 1.82) is 0 Å². The number of amides is 1. The van der Waals surface area contributed by atoms with Crippen molar-refractivity contribution in [2.24, 2.45) is 0 Å². The summed E-state index contributed by atoms with van der Waals surface area (Å²) < 4.78 is 0. The number of thioether (sulfide) groups is 1. The fourth-order valence-electron chi connectivity index (χ4n) is 2.70. The summed E-state index contributed by atoms with van der Waals surface area (Å²) in [4.78, 5) is 28.4. The number of hydrogen-bond acceptors (Lipinski definition) is 3. The molecule has 5 nitrogen and oxygen atoms in total. The lowest BCUT2D eigenvalue weighted by Gasteiger charge is -2.30. The third kappa shape index (κ3) is 2.70. The molecule has 0 aliphatic carbocycles. The molecule has 1 saturated heterocycles. The molecule has 1 aliphatic rings. The molecule has 0 spiro atoms. The third-order valence-corrected chi connectivity index (χ3v) is 4.97. The highest BCUT2D eigenvalue weighted by molar-refractivity contribution is 7.99. The summed E-state index contributed by atoms with van der Waals surface area (Å²) in [6.07, 6.45) is 1.99. The molecule has 0 unspecified atom stereocenters. The zero-order chi connectivity index (χ0) is 14.9. The van der Waals surface area contributed by atoms with Crippen molar-refractivity contribution in [2.75, 3.05) is 18.6 Å². The minimum atomic E-state index is -0.994. The van der Waals surface area contributed by atoms with Crippen molar-refractivity contribution in [3.05, 3.63) is 22.5 Å². The summed E-state index contributed by atoms with van der Waals surface area (Å²) in [6.45, 7) is 3.37. The van der Waals surface area contributed by atoms with Crippen molar-refractivity contribution in [3.63, 3.8) is 0 Å². The number of nitrogens with zero attached hydrogens (tertiary/aromatic N) is 1. The molecular weight excluding hydrogens is 276 g/mol. The highest BCUT2D eigenvalue weighted by Gasteiger charge is 2.27. The smallest absolute Gasteiger partial charge is 0.337 e. The van der Waals surface area contributed by atoms with Crippen LogP contribution in [0.3, 0.4) is 0 Å². The van der Waals surface area contributed by atoms with Gasteiger partial charge < -0.3 is 15.0 Å². The molecule has 20 heavy (non-hydrogen) atoms. The van der Waals surface area contributed by atoms with Crippen molar-refractivity contribution in [2.45, 2.75) is 32.7 Å². The van der Waals surface area contributed by atoms with Crippen molar-refractivity contribution >= 4 is 23.6 Å². The summed E-state index contributed by atoms with van der Waals surface area (Å²) in [6, 6.07) is 0.250. The maximum Gasteiger partial charge on any atom is 0.337 e. The van der Waals surface area contributed by atoms with Crippen LogP contribution >= 0.6 is 11.8 Å². The van der Waals surface area contributed by atoms with Gasteiger partial charge in [0.15, 0.2) is 0 Å². The molecule has 2 heterocycles. The normalized spacial score (nSPS) is 16.1. The van der Waals surface area contributed by atoms with Crippen molar-refractivity contribution in [3.8, 4) is 0 Å². The van der Waals surface area contributed by atoms with Gasteiger partial charge in [0.1, 0.15) is 5.69 Å². The lowest BCUT2D eigenvalue weighted by atomic mass is 10.1. The van der Waals surface area contributed by atoms with Crippen molar-refractivity contribution in [1.82, 2.24) is 9.88 Å². The summed E-state index contributed by atoms with van der Waals surface area (Å²) in [5.41, 5.74) is 1.67. The van der Waals surface area contributed by atoms with Crippen LogP contribution in [0, 0.1) is 13.8 Å². The molecule has 0 saturated carbocycles. The van der Waals surface area contributed by atoms with Gasteiger partial charge in [-0.15, -0.1) is 0 Å². The van der Waals surface area contributed by atoms with Gasteiger partial charge in [0.25, 0.3) is 5.91 Å². The highest BCUT2D eigenvalue weighted by atomic mass is 32.2. The van der Waals surface area contributed by atoms with E-state index >= 15 is 0 Å². The van der Waals surface area contributed by atoms with Crippen LogP contribution in [0.15, 0.2) is 0 Å². The van der Waals surface area contributed by atoms with Crippen LogP contribution in [0.1, 0.15) is 44.9 Å². The van der Waals surface area contributed by atoms with Crippen LogP contribution in [-0.4, -0.2) is 51.5 Å². The number of carbonyl (C=O) groups is 2. The van der Waals surface area contributed by atoms with Crippen LogP contribution in [0.2, 0.25) is 0 Å². The Kier molecular flexibility index (Phi) is 4.42. The standard InChI is InChI=1S/C14H20N2O3S/c1-8-11(14(18)19)9(2)15-12(8)13(17)16(3)10-4-6-20-7-5-10/h10,15H,4-7H2,1-3H3,(H,18,19). The first-order valence-electron chi connectivity index (χ1n) is 6.70. The molecule has 1 amide bonds. The molecule has 110 valence electrons. The minimum Gasteiger partial charge on any atom is -0.478 e. The summed E-state index contributed by atoms with van der Waals surface area (Å²) >= 11 is 1.91. The van der Waals surface area contributed by atoms with Crippen LogP contribution in [0.5, 0.6) is 0 Å². The Hall–Kier alpha value is -1.43. The summed E-state index contributed by atoms with van der Waals surface area (Å²) in [7, 11) is 1.80. The van der Waals surface area contributed by atoms with Crippen LogP contribution < -0.4 is 0 Å². The number of hydrogen-bond donors (Lipinski definition) is 2. The largest absolute Gasteiger partial charge is 0.478 e. The second-order valence-electron chi connectivity index (χ2n) is 5.19. The number of carboxylic acids is 1. The Morgan fingerprint density at radius 2 is 1.90 bits per heavy atom. The first-order valence-corrected chi connectivity index (χ1v) is 7.86. The van der Waals surface area contributed by atoms with Crippen LogP contribution in [0.4, 0.5) is 0 Å². The first kappa shape index (κ1) is 15.0. The maximum absolute atomic E-state index is 12.5. The second kappa shape index (κ2) is 5.91. The van der Waals surface area contributed by atoms with E-state index in [1.54, 1.807) is 25.8 Å². The Morgan fingerprint density at radius 3 is 2.40 bits per heavy atom. The number of aromatic amines is 1. The fraction of sp³-hybridized carbons (Fsp3) is 0.571. The number of aryl methyl sites for hydroxylation is 1. The van der Waals surface area contributed by atoms with E-state index < -0.39 is 5.97 Å². The number of rotatable bonds is 3. The van der Waals surface area contributed by atoms with E-state index in [2.05, 4.69) is 4.98 Å². The predicted molar refractivity (Wildman–Crippen MR) is 79.7 cm³/mol. The molecule has 6 heteroatoms. The van der Waals surface area contributed by atoms with Crippen LogP contribution in [-0.2, 0) is 0 Å². The van der Waals surface area contributed by atoms with E-state index in [1.165, 1.54) is 0 Å². The van der Waals surface area contributed by atoms with E-state index in [0.717, 1.165) is 24.3 Å². The van der Waals surface area contributed by atoms with Gasteiger partial charge in [-0.1, -0.05) is 0 Å². The number of aromatic carboxylic acids is 1. The van der Waals surface area contributed by atoms with Gasteiger partial charge in [-0.3, -0.25) is 4.79 Å². The zero-order valence-corrected chi connectivity index (χ0v) is 12.8. The number of nitrogens with one attached hydrogen (secondary N) is 1. The van der Waals surface area contributed by atoms with E-state index in [4.69, 9.17) is 0 Å². The van der Waals surface area contributed by atoms with E-state index in [0.29, 0.717) is 17.0 Å². The van der Waals surface area contributed by atoms with E-state index in [9.17, 15) is 14.7 Å². The van der Waals surface area contributed by atoms with Crippen LogP contribution in [0.25, 0.3) is 0 Å². The Morgan fingerprint density at radius 1 is 1.30 bits per heavy atom. The quantitative estimate of drug-likeness (QED) is 0.897. The number of carbonyl (C=O) groups excluding carboxylic acids is 1. The first-order chi connectivity index (χ1) is 9.43. The predicted octanol–water partition coefficient (Wildman–Crippen LogP) is 2.30. The van der Waals surface area contributed by atoms with Gasteiger partial charge in [0, 0.05) is 18.8 Å². The molecule has 1 aliphatic heterocycles. The average molecular weight is 296 g/mol. The number of carboxylic acid groups (broad SMARTS) is 1. The Labute approximate surface area is 122 Å². The lowest BCUT2D eigenvalue weighted by molar-refractivity contribution is 0.0695. The molecule has 2 rings (SSSR count). The van der Waals surface area contributed by atoms with Gasteiger partial charge in [-0.25, -0.2) is 4.79 Å². The molecule has 1 aromatic heterocycles. The molecule has 0 radical (unpaired) electrons. The third-order valence-electron chi connectivity index (χ3n) is 3.92. The summed E-state index contributed by atoms with van der Waals surface area (Å²) in [5.74, 6) is 1.04. The molecular formula is C14H20N2O3S. The highest BCUT2D eigenvalue weighted by Crippen LogP contribution is 2.24. The molecule has 0 atom stereocenters. The Balaban J connectivity index is 2.24.